The van der Waals surface area contributed by atoms with E-state index in [0.717, 1.165) is 18.8 Å². The van der Waals surface area contributed by atoms with Gasteiger partial charge in [-0.2, -0.15) is 5.10 Å². The van der Waals surface area contributed by atoms with Crippen molar-refractivity contribution in [1.29, 1.82) is 0 Å². The molecule has 0 aliphatic carbocycles. The van der Waals surface area contributed by atoms with E-state index in [1.807, 2.05) is 10.9 Å². The van der Waals surface area contributed by atoms with Gasteiger partial charge in [-0.3, -0.25) is 9.58 Å². The lowest BCUT2D eigenvalue weighted by Gasteiger charge is -2.31. The molecule has 15 heavy (non-hydrogen) atoms. The van der Waals surface area contributed by atoms with Crippen LogP contribution in [0.1, 0.15) is 33.2 Å². The summed E-state index contributed by atoms with van der Waals surface area (Å²) in [5, 5.41) is 4.28. The summed E-state index contributed by atoms with van der Waals surface area (Å²) in [6.07, 6.45) is 4.81. The number of nitrogens with zero attached hydrogens (tertiary/aromatic N) is 3. The van der Waals surface area contributed by atoms with Crippen LogP contribution in [0, 0.1) is 0 Å². The van der Waals surface area contributed by atoms with Gasteiger partial charge < -0.3 is 5.73 Å². The number of nitrogen functional groups attached to an aromatic ring is 1. The SMILES string of the molecule is CC(C)(C)N1CC[C@@H](n2cc(N)cn2)C1. The number of likely N-dealkylation sites (tertiary alicyclic amines) is 1. The highest BCUT2D eigenvalue weighted by Gasteiger charge is 2.31. The Morgan fingerprint density at radius 1 is 1.47 bits per heavy atom. The molecular formula is C11H20N4. The lowest BCUT2D eigenvalue weighted by molar-refractivity contribution is 0.167. The minimum Gasteiger partial charge on any atom is -0.396 e. The Bertz CT molecular complexity index is 337. The summed E-state index contributed by atoms with van der Waals surface area (Å²) in [4.78, 5) is 2.50. The van der Waals surface area contributed by atoms with Gasteiger partial charge in [0.05, 0.1) is 17.9 Å². The molecular weight excluding hydrogens is 188 g/mol. The molecule has 1 saturated heterocycles. The number of anilines is 1. The summed E-state index contributed by atoms with van der Waals surface area (Å²) >= 11 is 0. The molecule has 2 rings (SSSR count). The molecule has 1 aliphatic rings. The van der Waals surface area contributed by atoms with Crippen LogP contribution in [-0.2, 0) is 0 Å². The lowest BCUT2D eigenvalue weighted by atomic mass is 10.1. The van der Waals surface area contributed by atoms with Crippen LogP contribution < -0.4 is 5.73 Å². The molecule has 0 aromatic carbocycles. The minimum atomic E-state index is 0.257. The van der Waals surface area contributed by atoms with Crippen LogP contribution in [0.25, 0.3) is 0 Å². The summed E-state index contributed by atoms with van der Waals surface area (Å²) < 4.78 is 2.00. The Morgan fingerprint density at radius 3 is 2.67 bits per heavy atom. The van der Waals surface area contributed by atoms with E-state index in [1.54, 1.807) is 6.20 Å². The quantitative estimate of drug-likeness (QED) is 0.761. The molecule has 0 spiro atoms. The van der Waals surface area contributed by atoms with Crippen molar-refractivity contribution in [2.75, 3.05) is 18.8 Å². The van der Waals surface area contributed by atoms with E-state index in [2.05, 4.69) is 30.8 Å². The summed E-state index contributed by atoms with van der Waals surface area (Å²) in [5.74, 6) is 0. The number of hydrogen-bond donors (Lipinski definition) is 1. The van der Waals surface area contributed by atoms with Crippen molar-refractivity contribution in [3.63, 3.8) is 0 Å². The van der Waals surface area contributed by atoms with E-state index in [9.17, 15) is 0 Å². The van der Waals surface area contributed by atoms with Gasteiger partial charge >= 0.3 is 0 Å². The van der Waals surface area contributed by atoms with Gasteiger partial charge in [-0.05, 0) is 27.2 Å². The van der Waals surface area contributed by atoms with Crippen LogP contribution in [0.4, 0.5) is 5.69 Å². The van der Waals surface area contributed by atoms with Crippen LogP contribution >= 0.6 is 0 Å². The fourth-order valence-electron chi connectivity index (χ4n) is 2.12. The van der Waals surface area contributed by atoms with Crippen molar-refractivity contribution in [1.82, 2.24) is 14.7 Å². The predicted octanol–water partition coefficient (Wildman–Crippen LogP) is 1.51. The van der Waals surface area contributed by atoms with Gasteiger partial charge in [0.15, 0.2) is 0 Å². The Hall–Kier alpha value is -1.03. The number of aromatic nitrogens is 2. The molecule has 1 aromatic rings. The van der Waals surface area contributed by atoms with Gasteiger partial charge in [-0.1, -0.05) is 0 Å². The molecule has 0 amide bonds. The van der Waals surface area contributed by atoms with Gasteiger partial charge in [0, 0.05) is 24.8 Å². The zero-order valence-corrected chi connectivity index (χ0v) is 9.77. The molecule has 0 bridgehead atoms. The smallest absolute Gasteiger partial charge is 0.0719 e. The van der Waals surface area contributed by atoms with E-state index in [4.69, 9.17) is 5.73 Å². The number of rotatable bonds is 1. The van der Waals surface area contributed by atoms with Gasteiger partial charge in [-0.25, -0.2) is 0 Å². The molecule has 2 N–H and O–H groups in total. The fourth-order valence-corrected chi connectivity index (χ4v) is 2.12. The third-order valence-electron chi connectivity index (χ3n) is 3.11. The highest BCUT2D eigenvalue weighted by atomic mass is 15.3. The van der Waals surface area contributed by atoms with Gasteiger partial charge in [-0.15, -0.1) is 0 Å². The molecule has 4 nitrogen and oxygen atoms in total. The lowest BCUT2D eigenvalue weighted by Crippen LogP contribution is -2.39. The average Bonchev–Trinajstić information content (AvgIpc) is 2.69. The zero-order chi connectivity index (χ0) is 11.1. The van der Waals surface area contributed by atoms with E-state index >= 15 is 0 Å². The molecule has 4 heteroatoms. The highest BCUT2D eigenvalue weighted by Crippen LogP contribution is 2.27. The normalized spacial score (nSPS) is 23.5. The highest BCUT2D eigenvalue weighted by molar-refractivity contribution is 5.30. The van der Waals surface area contributed by atoms with Gasteiger partial charge in [0.1, 0.15) is 0 Å². The van der Waals surface area contributed by atoms with Crippen LogP contribution in [0.2, 0.25) is 0 Å². The summed E-state index contributed by atoms with van der Waals surface area (Å²) in [5.41, 5.74) is 6.68. The molecule has 0 radical (unpaired) electrons. The second-order valence-electron chi connectivity index (χ2n) is 5.31. The number of hydrogen-bond acceptors (Lipinski definition) is 3. The van der Waals surface area contributed by atoms with Crippen molar-refractivity contribution in [2.24, 2.45) is 0 Å². The molecule has 1 aliphatic heterocycles. The van der Waals surface area contributed by atoms with Gasteiger partial charge in [0.2, 0.25) is 0 Å². The number of nitrogens with two attached hydrogens (primary N) is 1. The van der Waals surface area contributed by atoms with Crippen molar-refractivity contribution < 1.29 is 0 Å². The molecule has 1 fully saturated rings. The minimum absolute atomic E-state index is 0.257. The predicted molar refractivity (Wildman–Crippen MR) is 61.6 cm³/mol. The largest absolute Gasteiger partial charge is 0.396 e. The van der Waals surface area contributed by atoms with Crippen LogP contribution in [-0.4, -0.2) is 33.3 Å². The zero-order valence-electron chi connectivity index (χ0n) is 9.77. The summed E-state index contributed by atoms with van der Waals surface area (Å²) in [6.45, 7) is 8.99. The second-order valence-corrected chi connectivity index (χ2v) is 5.31. The van der Waals surface area contributed by atoms with E-state index in [0.29, 0.717) is 6.04 Å². The summed E-state index contributed by atoms with van der Waals surface area (Å²) in [6, 6.07) is 0.488. The topological polar surface area (TPSA) is 47.1 Å². The monoisotopic (exact) mass is 208 g/mol. The van der Waals surface area contributed by atoms with Crippen LogP contribution in [0.3, 0.4) is 0 Å². The first-order chi connectivity index (χ1) is 6.97. The standard InChI is InChI=1S/C11H20N4/c1-11(2,3)14-5-4-10(8-14)15-7-9(12)6-13-15/h6-7,10H,4-5,8,12H2,1-3H3/t10-/m1/s1. The summed E-state index contributed by atoms with van der Waals surface area (Å²) in [7, 11) is 0. The van der Waals surface area contributed by atoms with Crippen molar-refractivity contribution in [3.05, 3.63) is 12.4 Å². The third-order valence-corrected chi connectivity index (χ3v) is 3.11. The van der Waals surface area contributed by atoms with Crippen LogP contribution in [0.5, 0.6) is 0 Å². The fraction of sp³-hybridized carbons (Fsp3) is 0.727. The van der Waals surface area contributed by atoms with E-state index in [-0.39, 0.29) is 5.54 Å². The first kappa shape index (κ1) is 10.5. The van der Waals surface area contributed by atoms with Crippen molar-refractivity contribution in [3.8, 4) is 0 Å². The maximum absolute atomic E-state index is 5.67. The van der Waals surface area contributed by atoms with Crippen LogP contribution in [0.15, 0.2) is 12.4 Å². The van der Waals surface area contributed by atoms with Gasteiger partial charge in [0.25, 0.3) is 0 Å². The molecule has 1 aromatic heterocycles. The first-order valence-electron chi connectivity index (χ1n) is 5.51. The Balaban J connectivity index is 2.04. The molecule has 84 valence electrons. The maximum atomic E-state index is 5.67. The Morgan fingerprint density at radius 2 is 2.20 bits per heavy atom. The second kappa shape index (κ2) is 3.52. The maximum Gasteiger partial charge on any atom is 0.0719 e. The molecule has 2 heterocycles. The molecule has 0 saturated carbocycles. The van der Waals surface area contributed by atoms with Crippen molar-refractivity contribution >= 4 is 5.69 Å². The average molecular weight is 208 g/mol. The first-order valence-corrected chi connectivity index (χ1v) is 5.51. The molecule has 0 unspecified atom stereocenters. The van der Waals surface area contributed by atoms with Crippen molar-refractivity contribution in [2.45, 2.75) is 38.8 Å². The Labute approximate surface area is 91.1 Å². The van der Waals surface area contributed by atoms with E-state index < -0.39 is 0 Å². The third kappa shape index (κ3) is 2.15. The van der Waals surface area contributed by atoms with E-state index in [1.165, 1.54) is 6.42 Å². The molecule has 1 atom stereocenters. The Kier molecular flexibility index (Phi) is 2.46.